The molecule has 15 heavy (non-hydrogen) atoms. The molecule has 2 fully saturated rings. The van der Waals surface area contributed by atoms with Crippen molar-refractivity contribution in [3.05, 3.63) is 0 Å². The van der Waals surface area contributed by atoms with Crippen molar-refractivity contribution in [3.8, 4) is 0 Å². The minimum atomic E-state index is 0.209. The first-order chi connectivity index (χ1) is 7.38. The van der Waals surface area contributed by atoms with Crippen LogP contribution in [0, 0.1) is 0 Å². The summed E-state index contributed by atoms with van der Waals surface area (Å²) in [6, 6.07) is 0.209. The first-order valence-corrected chi connectivity index (χ1v) is 6.73. The van der Waals surface area contributed by atoms with Crippen molar-refractivity contribution >= 4 is 17.8 Å². The molecule has 0 bridgehead atoms. The molecule has 2 aliphatic rings. The van der Waals surface area contributed by atoms with Crippen LogP contribution in [0.5, 0.6) is 0 Å². The Labute approximate surface area is 94.9 Å². The van der Waals surface area contributed by atoms with Gasteiger partial charge in [-0.15, -0.1) is 0 Å². The number of carbonyl (C=O) groups is 1. The number of carbonyl (C=O) groups excluding carboxylic acids is 1. The van der Waals surface area contributed by atoms with Crippen LogP contribution in [0.25, 0.3) is 0 Å². The highest BCUT2D eigenvalue weighted by Gasteiger charge is 2.23. The van der Waals surface area contributed by atoms with Crippen LogP contribution in [-0.4, -0.2) is 66.7 Å². The molecule has 2 heterocycles. The number of hydrogen-bond acceptors (Lipinski definition) is 3. The average molecular weight is 230 g/mol. The highest BCUT2D eigenvalue weighted by molar-refractivity contribution is 7.99. The lowest BCUT2D eigenvalue weighted by atomic mass is 10.4. The SMILES string of the molecule is O=C(N1CCOCC1)N1CCCSCC1. The van der Waals surface area contributed by atoms with Crippen LogP contribution < -0.4 is 0 Å². The predicted octanol–water partition coefficient (Wildman–Crippen LogP) is 0.877. The Morgan fingerprint density at radius 3 is 2.53 bits per heavy atom. The van der Waals surface area contributed by atoms with E-state index in [2.05, 4.69) is 0 Å². The summed E-state index contributed by atoms with van der Waals surface area (Å²) in [6.07, 6.45) is 1.13. The lowest BCUT2D eigenvalue weighted by molar-refractivity contribution is 0.0439. The van der Waals surface area contributed by atoms with E-state index in [1.807, 2.05) is 21.6 Å². The summed E-state index contributed by atoms with van der Waals surface area (Å²) in [6.45, 7) is 4.71. The summed E-state index contributed by atoms with van der Waals surface area (Å²) in [4.78, 5) is 16.0. The fraction of sp³-hybridized carbons (Fsp3) is 0.900. The monoisotopic (exact) mass is 230 g/mol. The Kier molecular flexibility index (Phi) is 4.14. The molecule has 86 valence electrons. The van der Waals surface area contributed by atoms with Gasteiger partial charge < -0.3 is 14.5 Å². The maximum atomic E-state index is 12.1. The summed E-state index contributed by atoms with van der Waals surface area (Å²) >= 11 is 1.95. The Bertz CT molecular complexity index is 211. The van der Waals surface area contributed by atoms with Crippen molar-refractivity contribution in [2.75, 3.05) is 50.9 Å². The molecule has 2 rings (SSSR count). The highest BCUT2D eigenvalue weighted by atomic mass is 32.2. The molecule has 0 radical (unpaired) electrons. The summed E-state index contributed by atoms with van der Waals surface area (Å²) in [7, 11) is 0. The Morgan fingerprint density at radius 1 is 1.00 bits per heavy atom. The van der Waals surface area contributed by atoms with Crippen molar-refractivity contribution < 1.29 is 9.53 Å². The standard InChI is InChI=1S/C10H18N2O2S/c13-10(12-3-6-14-7-4-12)11-2-1-8-15-9-5-11/h1-9H2. The molecule has 0 aromatic heterocycles. The van der Waals surface area contributed by atoms with Crippen molar-refractivity contribution in [1.29, 1.82) is 0 Å². The van der Waals surface area contributed by atoms with Crippen molar-refractivity contribution in [1.82, 2.24) is 9.80 Å². The van der Waals surface area contributed by atoms with Gasteiger partial charge in [-0.25, -0.2) is 4.79 Å². The number of nitrogens with zero attached hydrogens (tertiary/aromatic N) is 2. The van der Waals surface area contributed by atoms with Crippen LogP contribution in [0.15, 0.2) is 0 Å². The molecule has 2 saturated heterocycles. The second kappa shape index (κ2) is 5.61. The second-order valence-corrected chi connectivity index (χ2v) is 5.06. The summed E-state index contributed by atoms with van der Waals surface area (Å²) in [5, 5.41) is 0. The van der Waals surface area contributed by atoms with E-state index in [-0.39, 0.29) is 6.03 Å². The van der Waals surface area contributed by atoms with Gasteiger partial charge in [-0.05, 0) is 12.2 Å². The molecule has 2 aliphatic heterocycles. The molecule has 0 unspecified atom stereocenters. The van der Waals surface area contributed by atoms with Crippen molar-refractivity contribution in [2.24, 2.45) is 0 Å². The Hall–Kier alpha value is -0.420. The topological polar surface area (TPSA) is 32.8 Å². The lowest BCUT2D eigenvalue weighted by Crippen LogP contribution is -2.48. The highest BCUT2D eigenvalue weighted by Crippen LogP contribution is 2.12. The fourth-order valence-electron chi connectivity index (χ4n) is 1.89. The van der Waals surface area contributed by atoms with Crippen LogP contribution >= 0.6 is 11.8 Å². The van der Waals surface area contributed by atoms with Gasteiger partial charge in [0.25, 0.3) is 0 Å². The Morgan fingerprint density at radius 2 is 1.73 bits per heavy atom. The maximum Gasteiger partial charge on any atom is 0.320 e. The molecular weight excluding hydrogens is 212 g/mol. The van der Waals surface area contributed by atoms with E-state index in [4.69, 9.17) is 4.74 Å². The summed E-state index contributed by atoms with van der Waals surface area (Å²) in [5.41, 5.74) is 0. The minimum absolute atomic E-state index is 0.209. The van der Waals surface area contributed by atoms with E-state index >= 15 is 0 Å². The van der Waals surface area contributed by atoms with Crippen molar-refractivity contribution in [2.45, 2.75) is 6.42 Å². The van der Waals surface area contributed by atoms with Gasteiger partial charge in [-0.2, -0.15) is 11.8 Å². The van der Waals surface area contributed by atoms with E-state index in [9.17, 15) is 4.79 Å². The number of hydrogen-bond donors (Lipinski definition) is 0. The minimum Gasteiger partial charge on any atom is -0.378 e. The molecule has 0 aliphatic carbocycles. The van der Waals surface area contributed by atoms with Gasteiger partial charge in [-0.3, -0.25) is 0 Å². The third kappa shape index (κ3) is 3.01. The maximum absolute atomic E-state index is 12.1. The van der Waals surface area contributed by atoms with Gasteiger partial charge in [0, 0.05) is 31.9 Å². The Balaban J connectivity index is 1.87. The summed E-state index contributed by atoms with van der Waals surface area (Å²) in [5.74, 6) is 2.27. The number of rotatable bonds is 0. The summed E-state index contributed by atoms with van der Waals surface area (Å²) < 4.78 is 5.25. The number of thioether (sulfide) groups is 1. The molecule has 0 saturated carbocycles. The first kappa shape index (κ1) is 11.1. The zero-order valence-corrected chi connectivity index (χ0v) is 9.80. The molecule has 0 atom stereocenters. The molecule has 0 spiro atoms. The zero-order valence-electron chi connectivity index (χ0n) is 8.98. The smallest absolute Gasteiger partial charge is 0.320 e. The van der Waals surface area contributed by atoms with Crippen LogP contribution in [-0.2, 0) is 4.74 Å². The van der Waals surface area contributed by atoms with Gasteiger partial charge in [0.2, 0.25) is 0 Å². The van der Waals surface area contributed by atoms with Gasteiger partial charge in [-0.1, -0.05) is 0 Å². The van der Waals surface area contributed by atoms with Crippen LogP contribution in [0.3, 0.4) is 0 Å². The molecule has 2 amide bonds. The van der Waals surface area contributed by atoms with E-state index in [0.717, 1.165) is 38.4 Å². The molecule has 0 aromatic rings. The molecule has 4 nitrogen and oxygen atoms in total. The zero-order chi connectivity index (χ0) is 10.5. The lowest BCUT2D eigenvalue weighted by Gasteiger charge is -2.32. The van der Waals surface area contributed by atoms with Crippen LogP contribution in [0.1, 0.15) is 6.42 Å². The third-order valence-electron chi connectivity index (χ3n) is 2.77. The largest absolute Gasteiger partial charge is 0.378 e. The van der Waals surface area contributed by atoms with E-state index in [1.165, 1.54) is 5.75 Å². The first-order valence-electron chi connectivity index (χ1n) is 5.57. The van der Waals surface area contributed by atoms with Gasteiger partial charge >= 0.3 is 6.03 Å². The average Bonchev–Trinajstić information content (AvgIpc) is 2.58. The number of morpholine rings is 1. The van der Waals surface area contributed by atoms with Crippen LogP contribution in [0.4, 0.5) is 4.79 Å². The fourth-order valence-corrected chi connectivity index (χ4v) is 2.78. The van der Waals surface area contributed by atoms with Gasteiger partial charge in [0.05, 0.1) is 13.2 Å². The molecule has 5 heteroatoms. The predicted molar refractivity (Wildman–Crippen MR) is 61.3 cm³/mol. The van der Waals surface area contributed by atoms with E-state index in [1.54, 1.807) is 0 Å². The second-order valence-electron chi connectivity index (χ2n) is 3.83. The normalized spacial score (nSPS) is 23.7. The number of ether oxygens (including phenoxy) is 1. The van der Waals surface area contributed by atoms with Crippen LogP contribution in [0.2, 0.25) is 0 Å². The van der Waals surface area contributed by atoms with Crippen molar-refractivity contribution in [3.63, 3.8) is 0 Å². The quantitative estimate of drug-likeness (QED) is 0.619. The molecule has 0 N–H and O–H groups in total. The number of urea groups is 1. The third-order valence-corrected chi connectivity index (χ3v) is 3.82. The molecule has 0 aromatic carbocycles. The van der Waals surface area contributed by atoms with Gasteiger partial charge in [0.1, 0.15) is 0 Å². The number of amides is 2. The van der Waals surface area contributed by atoms with Gasteiger partial charge in [0.15, 0.2) is 0 Å². The molecular formula is C10H18N2O2S. The van der Waals surface area contributed by atoms with E-state index < -0.39 is 0 Å². The van der Waals surface area contributed by atoms with E-state index in [0.29, 0.717) is 13.2 Å².